The largest absolute Gasteiger partial charge is 0.289 e. The van der Waals surface area contributed by atoms with E-state index in [1.807, 2.05) is 91.9 Å². The molecule has 0 heterocycles. The average molecular weight is 322 g/mol. The Hall–Kier alpha value is -3.37. The number of benzene rings is 3. The molecule has 3 aromatic carbocycles. The van der Waals surface area contributed by atoms with Crippen molar-refractivity contribution < 1.29 is 4.79 Å². The number of carbonyl (C=O) groups is 1. The predicted octanol–water partition coefficient (Wildman–Crippen LogP) is 5.29. The number of carbonyl (C=O) groups excluding carboxylic acids is 1. The highest BCUT2D eigenvalue weighted by Crippen LogP contribution is 2.12. The van der Waals surface area contributed by atoms with Crippen molar-refractivity contribution >= 4 is 11.9 Å². The first-order valence-electron chi connectivity index (χ1n) is 8.18. The summed E-state index contributed by atoms with van der Waals surface area (Å²) in [6.45, 7) is 2.03. The summed E-state index contributed by atoms with van der Waals surface area (Å²) in [4.78, 5) is 12.6. The van der Waals surface area contributed by atoms with Gasteiger partial charge < -0.3 is 0 Å². The Bertz CT molecular complexity index is 969. The number of allylic oxidation sites excluding steroid dienone is 1. The molecule has 0 fully saturated rings. The highest BCUT2D eigenvalue weighted by atomic mass is 16.1. The molecule has 0 saturated carbocycles. The van der Waals surface area contributed by atoms with Crippen LogP contribution in [0.4, 0.5) is 0 Å². The minimum absolute atomic E-state index is 0.0430. The number of ketones is 1. The van der Waals surface area contributed by atoms with E-state index in [0.717, 1.165) is 22.3 Å². The molecule has 0 aliphatic rings. The first-order valence-corrected chi connectivity index (χ1v) is 8.18. The smallest absolute Gasteiger partial charge is 0.187 e. The van der Waals surface area contributed by atoms with Crippen LogP contribution in [-0.2, 0) is 0 Å². The molecule has 0 amide bonds. The summed E-state index contributed by atoms with van der Waals surface area (Å²) in [5, 5.41) is 0. The van der Waals surface area contributed by atoms with Crippen molar-refractivity contribution in [2.75, 3.05) is 0 Å². The van der Waals surface area contributed by atoms with E-state index >= 15 is 0 Å². The number of hydrogen-bond acceptors (Lipinski definition) is 1. The summed E-state index contributed by atoms with van der Waals surface area (Å²) in [6.07, 6.45) is 3.43. The minimum atomic E-state index is -0.0430. The van der Waals surface area contributed by atoms with Crippen molar-refractivity contribution in [3.05, 3.63) is 113 Å². The topological polar surface area (TPSA) is 17.1 Å². The number of hydrogen-bond donors (Lipinski definition) is 0. The molecule has 1 nitrogen and oxygen atoms in total. The van der Waals surface area contributed by atoms with E-state index in [4.69, 9.17) is 0 Å². The van der Waals surface area contributed by atoms with Gasteiger partial charge in [-0.05, 0) is 42.3 Å². The lowest BCUT2D eigenvalue weighted by Crippen LogP contribution is -1.98. The van der Waals surface area contributed by atoms with Crippen molar-refractivity contribution in [2.24, 2.45) is 0 Å². The molecule has 0 aromatic heterocycles. The van der Waals surface area contributed by atoms with E-state index in [1.54, 1.807) is 6.08 Å². The highest BCUT2D eigenvalue weighted by Gasteiger charge is 2.06. The van der Waals surface area contributed by atoms with E-state index in [0.29, 0.717) is 5.56 Å². The van der Waals surface area contributed by atoms with Gasteiger partial charge in [0.25, 0.3) is 0 Å². The molecule has 3 aromatic rings. The second kappa shape index (κ2) is 7.95. The van der Waals surface area contributed by atoms with Gasteiger partial charge in [-0.1, -0.05) is 78.6 Å². The van der Waals surface area contributed by atoms with Gasteiger partial charge in [-0.15, -0.1) is 0 Å². The maximum absolute atomic E-state index is 12.6. The summed E-state index contributed by atoms with van der Waals surface area (Å²) in [5.41, 5.74) is 4.47. The molecule has 0 N–H and O–H groups in total. The average Bonchev–Trinajstić information content (AvgIpc) is 2.66. The Morgan fingerprint density at radius 3 is 2.12 bits per heavy atom. The molecule has 0 spiro atoms. The molecule has 0 atom stereocenters. The van der Waals surface area contributed by atoms with Crippen LogP contribution >= 0.6 is 0 Å². The normalized spacial score (nSPS) is 10.3. The summed E-state index contributed by atoms with van der Waals surface area (Å²) in [5.74, 6) is 6.27. The van der Waals surface area contributed by atoms with Crippen LogP contribution in [0.1, 0.15) is 32.6 Å². The minimum Gasteiger partial charge on any atom is -0.289 e. The lowest BCUT2D eigenvalue weighted by Gasteiger charge is -2.00. The van der Waals surface area contributed by atoms with Crippen LogP contribution in [0.5, 0.6) is 0 Å². The van der Waals surface area contributed by atoms with Gasteiger partial charge in [-0.25, -0.2) is 0 Å². The SMILES string of the molecule is Cc1ccccc1C#Cc1ccccc1C(=O)/C=C/c1ccccc1. The monoisotopic (exact) mass is 322 g/mol. The van der Waals surface area contributed by atoms with Crippen LogP contribution < -0.4 is 0 Å². The van der Waals surface area contributed by atoms with Gasteiger partial charge in [0, 0.05) is 16.7 Å². The van der Waals surface area contributed by atoms with E-state index in [2.05, 4.69) is 11.8 Å². The fourth-order valence-corrected chi connectivity index (χ4v) is 2.48. The Labute approximate surface area is 148 Å². The maximum Gasteiger partial charge on any atom is 0.187 e. The van der Waals surface area contributed by atoms with E-state index in [1.165, 1.54) is 0 Å². The zero-order valence-corrected chi connectivity index (χ0v) is 14.1. The van der Waals surface area contributed by atoms with Gasteiger partial charge >= 0.3 is 0 Å². The van der Waals surface area contributed by atoms with Gasteiger partial charge in [0.2, 0.25) is 0 Å². The lowest BCUT2D eigenvalue weighted by atomic mass is 10.0. The van der Waals surface area contributed by atoms with Crippen LogP contribution in [0.25, 0.3) is 6.08 Å². The van der Waals surface area contributed by atoms with Gasteiger partial charge in [0.05, 0.1) is 0 Å². The van der Waals surface area contributed by atoms with E-state index in [9.17, 15) is 4.79 Å². The molecule has 0 saturated heterocycles. The van der Waals surface area contributed by atoms with Crippen LogP contribution in [-0.4, -0.2) is 5.78 Å². The molecule has 0 aliphatic heterocycles. The summed E-state index contributed by atoms with van der Waals surface area (Å²) in [6, 6.07) is 25.2. The first-order chi connectivity index (χ1) is 12.2. The summed E-state index contributed by atoms with van der Waals surface area (Å²) in [7, 11) is 0. The highest BCUT2D eigenvalue weighted by molar-refractivity contribution is 6.08. The fourth-order valence-electron chi connectivity index (χ4n) is 2.48. The van der Waals surface area contributed by atoms with Crippen molar-refractivity contribution in [1.82, 2.24) is 0 Å². The molecule has 120 valence electrons. The van der Waals surface area contributed by atoms with Gasteiger partial charge in [0.15, 0.2) is 5.78 Å². The molecule has 3 rings (SSSR count). The zero-order chi connectivity index (χ0) is 17.5. The first kappa shape index (κ1) is 16.5. The van der Waals surface area contributed by atoms with Crippen molar-refractivity contribution in [2.45, 2.75) is 6.92 Å². The molecular weight excluding hydrogens is 304 g/mol. The Balaban J connectivity index is 1.88. The van der Waals surface area contributed by atoms with Crippen molar-refractivity contribution in [1.29, 1.82) is 0 Å². The third kappa shape index (κ3) is 4.34. The maximum atomic E-state index is 12.6. The third-order valence-corrected chi connectivity index (χ3v) is 3.90. The number of aryl methyl sites for hydroxylation is 1. The fraction of sp³-hybridized carbons (Fsp3) is 0.0417. The molecule has 0 radical (unpaired) electrons. The quantitative estimate of drug-likeness (QED) is 0.364. The lowest BCUT2D eigenvalue weighted by molar-refractivity contribution is 0.104. The molecular formula is C24H18O. The summed E-state index contributed by atoms with van der Waals surface area (Å²) >= 11 is 0. The molecule has 25 heavy (non-hydrogen) atoms. The second-order valence-electron chi connectivity index (χ2n) is 5.72. The Kier molecular flexibility index (Phi) is 5.24. The van der Waals surface area contributed by atoms with Crippen LogP contribution in [0.2, 0.25) is 0 Å². The standard InChI is InChI=1S/C24H18O/c1-19-9-5-6-12-21(19)16-17-22-13-7-8-14-23(22)24(25)18-15-20-10-3-2-4-11-20/h2-15,18H,1H3/b18-15+. The molecule has 0 bridgehead atoms. The third-order valence-electron chi connectivity index (χ3n) is 3.90. The van der Waals surface area contributed by atoms with Crippen LogP contribution in [0.3, 0.4) is 0 Å². The summed E-state index contributed by atoms with van der Waals surface area (Å²) < 4.78 is 0. The second-order valence-corrected chi connectivity index (χ2v) is 5.72. The zero-order valence-electron chi connectivity index (χ0n) is 14.1. The Morgan fingerprint density at radius 1 is 0.760 bits per heavy atom. The van der Waals surface area contributed by atoms with Crippen molar-refractivity contribution in [3.63, 3.8) is 0 Å². The van der Waals surface area contributed by atoms with Gasteiger partial charge in [-0.2, -0.15) is 0 Å². The van der Waals surface area contributed by atoms with Gasteiger partial charge in [-0.3, -0.25) is 4.79 Å². The molecule has 0 unspecified atom stereocenters. The van der Waals surface area contributed by atoms with Crippen LogP contribution in [0, 0.1) is 18.8 Å². The van der Waals surface area contributed by atoms with E-state index < -0.39 is 0 Å². The number of rotatable bonds is 3. The van der Waals surface area contributed by atoms with Crippen molar-refractivity contribution in [3.8, 4) is 11.8 Å². The Morgan fingerprint density at radius 2 is 1.36 bits per heavy atom. The van der Waals surface area contributed by atoms with E-state index in [-0.39, 0.29) is 5.78 Å². The van der Waals surface area contributed by atoms with Crippen LogP contribution in [0.15, 0.2) is 84.9 Å². The molecule has 0 aliphatic carbocycles. The predicted molar refractivity (Wildman–Crippen MR) is 103 cm³/mol. The molecule has 1 heteroatoms. The van der Waals surface area contributed by atoms with Gasteiger partial charge in [0.1, 0.15) is 0 Å².